The molecule has 0 bridgehead atoms. The summed E-state index contributed by atoms with van der Waals surface area (Å²) in [5.41, 5.74) is -2.45. The highest BCUT2D eigenvalue weighted by molar-refractivity contribution is 5.79. The van der Waals surface area contributed by atoms with E-state index in [-0.39, 0.29) is 61.3 Å². The number of alkyl halides is 4. The Kier molecular flexibility index (Phi) is 5.53. The highest BCUT2D eigenvalue weighted by Gasteiger charge is 2.44. The van der Waals surface area contributed by atoms with Crippen LogP contribution in [0.4, 0.5) is 28.0 Å². The number of anilines is 1. The standard InChI is InChI=1S/C22H26F4N4O4/c1-21(23)11-30(12-21)17-6-13(2-3-15(17)22(24,25)26)34-14-7-29(8-14)20(32)28-5-4-18-16(9-28)27-19(31)10-33-18/h2-3,6,14,16,18H,4-5,7-12H2,1H3,(H,27,31)/t16-,18+/m1/s1. The first-order valence-electron chi connectivity index (χ1n) is 11.3. The van der Waals surface area contributed by atoms with Gasteiger partial charge in [-0.05, 0) is 25.5 Å². The molecule has 3 amide bonds. The third-order valence-corrected chi connectivity index (χ3v) is 6.67. The van der Waals surface area contributed by atoms with Crippen molar-refractivity contribution in [1.29, 1.82) is 0 Å². The van der Waals surface area contributed by atoms with Crippen LogP contribution in [-0.2, 0) is 15.7 Å². The molecule has 186 valence electrons. The van der Waals surface area contributed by atoms with Crippen molar-refractivity contribution in [3.63, 3.8) is 0 Å². The molecular formula is C22H26F4N4O4. The van der Waals surface area contributed by atoms with Gasteiger partial charge in [0.2, 0.25) is 5.91 Å². The zero-order valence-corrected chi connectivity index (χ0v) is 18.6. The van der Waals surface area contributed by atoms with Gasteiger partial charge in [-0.25, -0.2) is 9.18 Å². The van der Waals surface area contributed by atoms with E-state index in [9.17, 15) is 27.2 Å². The number of piperidine rings is 1. The first kappa shape index (κ1) is 23.0. The van der Waals surface area contributed by atoms with Crippen LogP contribution in [0, 0.1) is 0 Å². The molecule has 4 aliphatic rings. The molecule has 34 heavy (non-hydrogen) atoms. The molecule has 0 aliphatic carbocycles. The van der Waals surface area contributed by atoms with Crippen LogP contribution in [0.1, 0.15) is 18.9 Å². The fraction of sp³-hybridized carbons (Fsp3) is 0.636. The number of carbonyl (C=O) groups is 2. The fourth-order valence-corrected chi connectivity index (χ4v) is 4.94. The second-order valence-corrected chi connectivity index (χ2v) is 9.63. The Bertz CT molecular complexity index is 974. The van der Waals surface area contributed by atoms with E-state index in [1.165, 1.54) is 24.0 Å². The van der Waals surface area contributed by atoms with Crippen molar-refractivity contribution in [1.82, 2.24) is 15.1 Å². The first-order valence-corrected chi connectivity index (χ1v) is 11.3. The van der Waals surface area contributed by atoms with E-state index in [2.05, 4.69) is 5.32 Å². The molecule has 0 spiro atoms. The molecule has 2 atom stereocenters. The van der Waals surface area contributed by atoms with Gasteiger partial charge in [0.25, 0.3) is 0 Å². The molecule has 1 N–H and O–H groups in total. The van der Waals surface area contributed by atoms with Crippen LogP contribution < -0.4 is 15.0 Å². The lowest BCUT2D eigenvalue weighted by atomic mass is 9.96. The Morgan fingerprint density at radius 3 is 2.62 bits per heavy atom. The van der Waals surface area contributed by atoms with Crippen molar-refractivity contribution >= 4 is 17.6 Å². The van der Waals surface area contributed by atoms with Gasteiger partial charge in [-0.15, -0.1) is 0 Å². The minimum Gasteiger partial charge on any atom is -0.487 e. The predicted molar refractivity (Wildman–Crippen MR) is 112 cm³/mol. The maximum atomic E-state index is 13.9. The van der Waals surface area contributed by atoms with Gasteiger partial charge in [-0.3, -0.25) is 4.79 Å². The Morgan fingerprint density at radius 2 is 1.94 bits per heavy atom. The number of morpholine rings is 1. The average Bonchev–Trinajstić information content (AvgIpc) is 2.72. The monoisotopic (exact) mass is 486 g/mol. The second-order valence-electron chi connectivity index (χ2n) is 9.63. The van der Waals surface area contributed by atoms with Crippen molar-refractivity contribution in [2.45, 2.75) is 43.4 Å². The summed E-state index contributed by atoms with van der Waals surface area (Å²) in [7, 11) is 0. The van der Waals surface area contributed by atoms with Crippen molar-refractivity contribution in [3.8, 4) is 5.75 Å². The summed E-state index contributed by atoms with van der Waals surface area (Å²) in [4.78, 5) is 29.0. The Hall–Kier alpha value is -2.76. The maximum Gasteiger partial charge on any atom is 0.418 e. The molecule has 4 saturated heterocycles. The zero-order chi connectivity index (χ0) is 24.3. The number of rotatable bonds is 3. The van der Waals surface area contributed by atoms with Gasteiger partial charge in [-0.1, -0.05) is 0 Å². The number of urea groups is 1. The molecular weight excluding hydrogens is 460 g/mol. The van der Waals surface area contributed by atoms with Crippen LogP contribution in [0.15, 0.2) is 18.2 Å². The van der Waals surface area contributed by atoms with Gasteiger partial charge >= 0.3 is 12.2 Å². The summed E-state index contributed by atoms with van der Waals surface area (Å²) >= 11 is 0. The van der Waals surface area contributed by atoms with E-state index in [4.69, 9.17) is 9.47 Å². The Balaban J connectivity index is 1.18. The number of nitrogens with zero attached hydrogens (tertiary/aromatic N) is 3. The van der Waals surface area contributed by atoms with Crippen LogP contribution in [0.5, 0.6) is 5.75 Å². The van der Waals surface area contributed by atoms with Gasteiger partial charge in [0.1, 0.15) is 24.1 Å². The quantitative estimate of drug-likeness (QED) is 0.662. The number of carbonyl (C=O) groups excluding carboxylic acids is 2. The molecule has 0 radical (unpaired) electrons. The summed E-state index contributed by atoms with van der Waals surface area (Å²) in [5.74, 6) is 0.0497. The lowest BCUT2D eigenvalue weighted by Crippen LogP contribution is -2.65. The average molecular weight is 486 g/mol. The lowest BCUT2D eigenvalue weighted by Gasteiger charge is -2.46. The highest BCUT2D eigenvalue weighted by Crippen LogP contribution is 2.42. The van der Waals surface area contributed by atoms with Crippen molar-refractivity contribution in [3.05, 3.63) is 23.8 Å². The first-order chi connectivity index (χ1) is 16.0. The number of nitrogens with one attached hydrogen (secondary N) is 1. The lowest BCUT2D eigenvalue weighted by molar-refractivity contribution is -0.140. The molecule has 1 aromatic rings. The van der Waals surface area contributed by atoms with E-state index in [1.807, 2.05) is 0 Å². The van der Waals surface area contributed by atoms with Gasteiger partial charge < -0.3 is 29.5 Å². The molecule has 1 aromatic carbocycles. The molecule has 4 heterocycles. The summed E-state index contributed by atoms with van der Waals surface area (Å²) in [6, 6.07) is 3.09. The summed E-state index contributed by atoms with van der Waals surface area (Å²) < 4.78 is 65.5. The minimum absolute atomic E-state index is 0.0385. The Morgan fingerprint density at radius 1 is 1.21 bits per heavy atom. The Labute approximate surface area is 193 Å². The van der Waals surface area contributed by atoms with E-state index < -0.39 is 17.4 Å². The van der Waals surface area contributed by atoms with Crippen LogP contribution in [0.25, 0.3) is 0 Å². The third kappa shape index (κ3) is 4.47. The second kappa shape index (κ2) is 8.17. The number of benzene rings is 1. The molecule has 5 rings (SSSR count). The summed E-state index contributed by atoms with van der Waals surface area (Å²) in [6.07, 6.45) is -4.38. The number of ether oxygens (including phenoxy) is 2. The molecule has 12 heteroatoms. The summed E-state index contributed by atoms with van der Waals surface area (Å²) in [5, 5.41) is 2.86. The van der Waals surface area contributed by atoms with Crippen molar-refractivity contribution in [2.75, 3.05) is 50.8 Å². The van der Waals surface area contributed by atoms with Crippen LogP contribution in [-0.4, -0.2) is 91.5 Å². The van der Waals surface area contributed by atoms with Gasteiger partial charge in [0.15, 0.2) is 0 Å². The fourth-order valence-electron chi connectivity index (χ4n) is 4.94. The molecule has 0 aromatic heterocycles. The largest absolute Gasteiger partial charge is 0.487 e. The van der Waals surface area contributed by atoms with Crippen molar-refractivity contribution < 1.29 is 36.6 Å². The topological polar surface area (TPSA) is 74.3 Å². The van der Waals surface area contributed by atoms with Gasteiger partial charge in [-0.2, -0.15) is 13.2 Å². The third-order valence-electron chi connectivity index (χ3n) is 6.67. The van der Waals surface area contributed by atoms with Gasteiger partial charge in [0, 0.05) is 19.2 Å². The van der Waals surface area contributed by atoms with E-state index in [0.29, 0.717) is 32.6 Å². The maximum absolute atomic E-state index is 13.9. The molecule has 0 saturated carbocycles. The van der Waals surface area contributed by atoms with Crippen LogP contribution in [0.2, 0.25) is 0 Å². The summed E-state index contributed by atoms with van der Waals surface area (Å²) in [6.45, 7) is 2.64. The predicted octanol–water partition coefficient (Wildman–Crippen LogP) is 2.03. The zero-order valence-electron chi connectivity index (χ0n) is 18.6. The smallest absolute Gasteiger partial charge is 0.418 e. The van der Waals surface area contributed by atoms with E-state index in [1.54, 1.807) is 9.80 Å². The molecule has 4 fully saturated rings. The van der Waals surface area contributed by atoms with Gasteiger partial charge in [0.05, 0.1) is 49.6 Å². The van der Waals surface area contributed by atoms with Crippen molar-refractivity contribution in [2.24, 2.45) is 0 Å². The normalized spacial score (nSPS) is 26.9. The minimum atomic E-state index is -4.56. The highest BCUT2D eigenvalue weighted by atomic mass is 19.4. The van der Waals surface area contributed by atoms with E-state index >= 15 is 0 Å². The number of fused-ring (bicyclic) bond motifs is 1. The van der Waals surface area contributed by atoms with E-state index in [0.717, 1.165) is 6.07 Å². The molecule has 0 unspecified atom stereocenters. The van der Waals surface area contributed by atoms with Crippen LogP contribution in [0.3, 0.4) is 0 Å². The van der Waals surface area contributed by atoms with Crippen LogP contribution >= 0.6 is 0 Å². The number of hydrogen-bond acceptors (Lipinski definition) is 5. The number of halogens is 4. The number of amides is 3. The molecule has 4 aliphatic heterocycles. The number of likely N-dealkylation sites (tertiary alicyclic amines) is 2. The number of hydrogen-bond donors (Lipinski definition) is 1. The SMILES string of the molecule is CC1(F)CN(c2cc(OC3CN(C(=O)N4CC[C@@H]5OCC(=O)N[C@@H]5C4)C3)ccc2C(F)(F)F)C1. The molecule has 8 nitrogen and oxygen atoms in total.